The first-order chi connectivity index (χ1) is 10.0. The van der Waals surface area contributed by atoms with Crippen LogP contribution in [0.3, 0.4) is 0 Å². The van der Waals surface area contributed by atoms with E-state index in [4.69, 9.17) is 10.9 Å². The second kappa shape index (κ2) is 5.91. The van der Waals surface area contributed by atoms with E-state index in [1.165, 1.54) is 18.3 Å². The first-order valence-electron chi connectivity index (χ1n) is 6.10. The summed E-state index contributed by atoms with van der Waals surface area (Å²) in [6.45, 7) is 1.77. The minimum Gasteiger partial charge on any atom is -0.409 e. The third-order valence-electron chi connectivity index (χ3n) is 2.92. The molecule has 2 rings (SSSR count). The molecule has 1 amide bonds. The average Bonchev–Trinajstić information content (AvgIpc) is 2.46. The van der Waals surface area contributed by atoms with Gasteiger partial charge in [-0.25, -0.2) is 0 Å². The minimum atomic E-state index is -0.460. The summed E-state index contributed by atoms with van der Waals surface area (Å²) in [4.78, 5) is 25.8. The molecule has 0 atom stereocenters. The highest BCUT2D eigenvalue weighted by Crippen LogP contribution is 2.20. The van der Waals surface area contributed by atoms with Crippen LogP contribution in [0.4, 0.5) is 5.69 Å². The van der Waals surface area contributed by atoms with Crippen LogP contribution in [0.25, 0.3) is 0 Å². The number of oxime groups is 1. The van der Waals surface area contributed by atoms with E-state index >= 15 is 0 Å². The van der Waals surface area contributed by atoms with Gasteiger partial charge in [0.1, 0.15) is 0 Å². The molecule has 0 aliphatic carbocycles. The van der Waals surface area contributed by atoms with Crippen LogP contribution in [0.5, 0.6) is 0 Å². The number of nitrogens with two attached hydrogens (primary N) is 1. The largest absolute Gasteiger partial charge is 0.409 e. The van der Waals surface area contributed by atoms with Crippen LogP contribution in [0.15, 0.2) is 46.5 Å². The maximum Gasteiger partial charge on any atom is 0.255 e. The van der Waals surface area contributed by atoms with Gasteiger partial charge < -0.3 is 21.2 Å². The van der Waals surface area contributed by atoms with E-state index in [-0.39, 0.29) is 17.0 Å². The molecule has 108 valence electrons. The number of aromatic amines is 1. The number of nitrogens with one attached hydrogen (secondary N) is 2. The Bertz CT molecular complexity index is 765. The van der Waals surface area contributed by atoms with Gasteiger partial charge >= 0.3 is 0 Å². The Morgan fingerprint density at radius 3 is 2.81 bits per heavy atom. The average molecular weight is 286 g/mol. The fraction of sp³-hybridized carbons (Fsp3) is 0.0714. The van der Waals surface area contributed by atoms with Crippen LogP contribution in [0.1, 0.15) is 21.5 Å². The van der Waals surface area contributed by atoms with E-state index in [9.17, 15) is 9.59 Å². The second-order valence-electron chi connectivity index (χ2n) is 4.38. The molecular weight excluding hydrogens is 272 g/mol. The van der Waals surface area contributed by atoms with Crippen LogP contribution < -0.4 is 16.6 Å². The molecule has 0 spiro atoms. The summed E-state index contributed by atoms with van der Waals surface area (Å²) in [6.07, 6.45) is 1.39. The zero-order valence-corrected chi connectivity index (χ0v) is 11.3. The molecule has 5 N–H and O–H groups in total. The van der Waals surface area contributed by atoms with Gasteiger partial charge in [-0.2, -0.15) is 0 Å². The number of aryl methyl sites for hydroxylation is 1. The van der Waals surface area contributed by atoms with Crippen LogP contribution in [-0.4, -0.2) is 21.9 Å². The van der Waals surface area contributed by atoms with Crippen molar-refractivity contribution in [2.75, 3.05) is 5.32 Å². The van der Waals surface area contributed by atoms with E-state index in [1.54, 1.807) is 25.1 Å². The van der Waals surface area contributed by atoms with Crippen molar-refractivity contribution in [1.82, 2.24) is 4.98 Å². The molecule has 2 aromatic rings. The quantitative estimate of drug-likeness (QED) is 0.291. The third-order valence-corrected chi connectivity index (χ3v) is 2.92. The van der Waals surface area contributed by atoms with Crippen molar-refractivity contribution in [2.24, 2.45) is 10.9 Å². The summed E-state index contributed by atoms with van der Waals surface area (Å²) in [7, 11) is 0. The van der Waals surface area contributed by atoms with Crippen molar-refractivity contribution in [1.29, 1.82) is 0 Å². The molecule has 0 saturated carbocycles. The first-order valence-corrected chi connectivity index (χ1v) is 6.10. The van der Waals surface area contributed by atoms with Gasteiger partial charge in [-0.05, 0) is 24.6 Å². The minimum absolute atomic E-state index is 0.102. The van der Waals surface area contributed by atoms with Crippen LogP contribution in [0, 0.1) is 6.92 Å². The summed E-state index contributed by atoms with van der Waals surface area (Å²) < 4.78 is 0. The summed E-state index contributed by atoms with van der Waals surface area (Å²) in [5, 5.41) is 14.4. The lowest BCUT2D eigenvalue weighted by Gasteiger charge is -2.12. The fourth-order valence-electron chi connectivity index (χ4n) is 1.94. The maximum atomic E-state index is 12.1. The van der Waals surface area contributed by atoms with E-state index in [2.05, 4.69) is 15.5 Å². The number of H-pyrrole nitrogens is 1. The molecule has 7 heteroatoms. The summed E-state index contributed by atoms with van der Waals surface area (Å²) in [5.41, 5.74) is 7.04. The Hall–Kier alpha value is -3.09. The molecule has 0 radical (unpaired) electrons. The lowest BCUT2D eigenvalue weighted by Crippen LogP contribution is -2.21. The number of nitrogens with zero attached hydrogens (tertiary/aromatic N) is 1. The van der Waals surface area contributed by atoms with Gasteiger partial charge in [0.05, 0.1) is 5.69 Å². The van der Waals surface area contributed by atoms with Crippen molar-refractivity contribution in [2.45, 2.75) is 6.92 Å². The summed E-state index contributed by atoms with van der Waals surface area (Å²) in [6, 6.07) is 7.81. The maximum absolute atomic E-state index is 12.1. The smallest absolute Gasteiger partial charge is 0.255 e. The van der Waals surface area contributed by atoms with Gasteiger partial charge in [-0.15, -0.1) is 0 Å². The Labute approximate surface area is 120 Å². The Balaban J connectivity index is 2.38. The molecule has 1 aromatic heterocycles. The van der Waals surface area contributed by atoms with E-state index in [0.717, 1.165) is 5.56 Å². The molecular formula is C14H14N4O3. The molecule has 0 bridgehead atoms. The van der Waals surface area contributed by atoms with Gasteiger partial charge in [0, 0.05) is 23.4 Å². The predicted octanol–water partition coefficient (Wildman–Crippen LogP) is 1.03. The standard InChI is InChI=1S/C14H14N4O3/c1-8-3-2-4-10(12(8)13(15)18-21)17-14(20)9-5-6-16-11(19)7-9/h2-7,21H,1H3,(H2,15,18)(H,16,19)(H,17,20). The number of amidine groups is 1. The Morgan fingerprint density at radius 1 is 1.38 bits per heavy atom. The zero-order valence-electron chi connectivity index (χ0n) is 11.3. The van der Waals surface area contributed by atoms with Gasteiger partial charge in [0.25, 0.3) is 5.91 Å². The lowest BCUT2D eigenvalue weighted by atomic mass is 10.1. The Kier molecular flexibility index (Phi) is 4.03. The summed E-state index contributed by atoms with van der Waals surface area (Å²) in [5.74, 6) is -0.562. The molecule has 0 aliphatic rings. The molecule has 0 unspecified atom stereocenters. The van der Waals surface area contributed by atoms with Crippen molar-refractivity contribution in [3.63, 3.8) is 0 Å². The number of amides is 1. The van der Waals surface area contributed by atoms with E-state index in [1.807, 2.05) is 0 Å². The van der Waals surface area contributed by atoms with E-state index in [0.29, 0.717) is 11.3 Å². The highest BCUT2D eigenvalue weighted by molar-refractivity contribution is 6.10. The van der Waals surface area contributed by atoms with Gasteiger partial charge in [0.15, 0.2) is 5.84 Å². The number of benzene rings is 1. The number of rotatable bonds is 3. The van der Waals surface area contributed by atoms with Crippen molar-refractivity contribution in [3.05, 3.63) is 63.6 Å². The number of hydrogen-bond acceptors (Lipinski definition) is 4. The molecule has 0 aliphatic heterocycles. The second-order valence-corrected chi connectivity index (χ2v) is 4.38. The third kappa shape index (κ3) is 3.08. The van der Waals surface area contributed by atoms with Crippen molar-refractivity contribution in [3.8, 4) is 0 Å². The molecule has 21 heavy (non-hydrogen) atoms. The van der Waals surface area contributed by atoms with Gasteiger partial charge in [-0.1, -0.05) is 17.3 Å². The first kappa shape index (κ1) is 14.3. The fourth-order valence-corrected chi connectivity index (χ4v) is 1.94. The van der Waals surface area contributed by atoms with Crippen molar-refractivity contribution >= 4 is 17.4 Å². The molecule has 0 fully saturated rings. The monoisotopic (exact) mass is 286 g/mol. The van der Waals surface area contributed by atoms with Crippen LogP contribution in [0.2, 0.25) is 0 Å². The summed E-state index contributed by atoms with van der Waals surface area (Å²) >= 11 is 0. The SMILES string of the molecule is Cc1cccc(NC(=O)c2cc[nH]c(=O)c2)c1/C(N)=N/O. The normalized spacial score (nSPS) is 11.2. The molecule has 1 heterocycles. The lowest BCUT2D eigenvalue weighted by molar-refractivity contribution is 0.102. The predicted molar refractivity (Wildman–Crippen MR) is 78.7 cm³/mol. The molecule has 0 saturated heterocycles. The zero-order chi connectivity index (χ0) is 15.4. The number of anilines is 1. The topological polar surface area (TPSA) is 121 Å². The molecule has 7 nitrogen and oxygen atoms in total. The van der Waals surface area contributed by atoms with Crippen LogP contribution >= 0.6 is 0 Å². The van der Waals surface area contributed by atoms with Gasteiger partial charge in [0.2, 0.25) is 5.56 Å². The number of pyridine rings is 1. The van der Waals surface area contributed by atoms with Gasteiger partial charge in [-0.3, -0.25) is 9.59 Å². The number of carbonyl (C=O) groups excluding carboxylic acids is 1. The highest BCUT2D eigenvalue weighted by Gasteiger charge is 2.14. The number of carbonyl (C=O) groups is 1. The number of aromatic nitrogens is 1. The highest BCUT2D eigenvalue weighted by atomic mass is 16.4. The Morgan fingerprint density at radius 2 is 2.14 bits per heavy atom. The molecule has 1 aromatic carbocycles. The van der Waals surface area contributed by atoms with Crippen molar-refractivity contribution < 1.29 is 10.0 Å². The number of hydrogen-bond donors (Lipinski definition) is 4. The van der Waals surface area contributed by atoms with Crippen LogP contribution in [-0.2, 0) is 0 Å². The van der Waals surface area contributed by atoms with E-state index < -0.39 is 5.91 Å².